The van der Waals surface area contributed by atoms with Crippen LogP contribution in [0.25, 0.3) is 11.3 Å². The number of halogens is 1. The second kappa shape index (κ2) is 13.4. The SMILES string of the molecule is C=C(N)/C=C\C(C#Cc1c(CC)ncnc1-c1ccc(C(=O)N2CCC(N3CCOCC3)CC2)c(Cl)c1)=C/N. The van der Waals surface area contributed by atoms with Gasteiger partial charge in [0.2, 0.25) is 0 Å². The monoisotopic (exact) mass is 546 g/mol. The molecule has 0 bridgehead atoms. The second-order valence-electron chi connectivity index (χ2n) is 9.54. The molecule has 0 saturated carbocycles. The van der Waals surface area contributed by atoms with Gasteiger partial charge in [0, 0.05) is 55.3 Å². The van der Waals surface area contributed by atoms with Crippen LogP contribution in [0.3, 0.4) is 0 Å². The first-order chi connectivity index (χ1) is 18.9. The lowest BCUT2D eigenvalue weighted by molar-refractivity contribution is 0.00159. The van der Waals surface area contributed by atoms with Crippen molar-refractivity contribution >= 4 is 17.5 Å². The summed E-state index contributed by atoms with van der Waals surface area (Å²) in [5, 5.41) is 0.385. The number of morpholine rings is 1. The quantitative estimate of drug-likeness (QED) is 0.421. The molecule has 2 aromatic rings. The molecule has 4 rings (SSSR count). The van der Waals surface area contributed by atoms with Gasteiger partial charge in [-0.25, -0.2) is 9.97 Å². The van der Waals surface area contributed by atoms with E-state index in [0.29, 0.717) is 58.7 Å². The van der Waals surface area contributed by atoms with E-state index in [4.69, 9.17) is 27.8 Å². The zero-order valence-electron chi connectivity index (χ0n) is 22.3. The largest absolute Gasteiger partial charge is 0.404 e. The Bertz CT molecular complexity index is 1330. The molecule has 2 saturated heterocycles. The number of allylic oxidation sites excluding steroid dienone is 3. The van der Waals surface area contributed by atoms with Crippen molar-refractivity contribution in [3.8, 4) is 23.1 Å². The van der Waals surface area contributed by atoms with Crippen LogP contribution in [0.15, 0.2) is 60.7 Å². The Balaban J connectivity index is 1.54. The standard InChI is InChI=1S/C30H35ClN6O2/c1-3-28-26(8-6-22(19-32)5-4-21(2)33)29(35-20-34-28)23-7-9-25(27(31)18-23)30(38)37-12-10-24(11-13-37)36-14-16-39-17-15-36/h4-5,7,9,18-20,24H,2-3,10-17,32-33H2,1H3/b5-4-,22-19+. The summed E-state index contributed by atoms with van der Waals surface area (Å²) in [7, 11) is 0. The highest BCUT2D eigenvalue weighted by Crippen LogP contribution is 2.29. The van der Waals surface area contributed by atoms with Gasteiger partial charge in [-0.05, 0) is 43.5 Å². The zero-order chi connectivity index (χ0) is 27.8. The highest BCUT2D eigenvalue weighted by Gasteiger charge is 2.29. The van der Waals surface area contributed by atoms with Gasteiger partial charge < -0.3 is 21.1 Å². The summed E-state index contributed by atoms with van der Waals surface area (Å²) in [5.74, 6) is 6.18. The number of benzene rings is 1. The van der Waals surface area contributed by atoms with Crippen LogP contribution < -0.4 is 11.5 Å². The fourth-order valence-corrected chi connectivity index (χ4v) is 5.16. The fourth-order valence-electron chi connectivity index (χ4n) is 4.89. The van der Waals surface area contributed by atoms with Crippen molar-refractivity contribution < 1.29 is 9.53 Å². The number of carbonyl (C=O) groups excluding carboxylic acids is 1. The van der Waals surface area contributed by atoms with Gasteiger partial charge in [0.05, 0.1) is 40.8 Å². The minimum atomic E-state index is -0.0464. The Morgan fingerprint density at radius 3 is 2.59 bits per heavy atom. The summed E-state index contributed by atoms with van der Waals surface area (Å²) < 4.78 is 5.48. The average Bonchev–Trinajstić information content (AvgIpc) is 2.97. The highest BCUT2D eigenvalue weighted by molar-refractivity contribution is 6.34. The molecule has 0 unspecified atom stereocenters. The molecule has 2 fully saturated rings. The van der Waals surface area contributed by atoms with Crippen LogP contribution in [0.2, 0.25) is 5.02 Å². The Morgan fingerprint density at radius 2 is 1.95 bits per heavy atom. The fraction of sp³-hybridized carbons (Fsp3) is 0.367. The van der Waals surface area contributed by atoms with E-state index in [9.17, 15) is 4.79 Å². The van der Waals surface area contributed by atoms with E-state index < -0.39 is 0 Å². The van der Waals surface area contributed by atoms with E-state index >= 15 is 0 Å². The van der Waals surface area contributed by atoms with E-state index in [2.05, 4.69) is 33.3 Å². The van der Waals surface area contributed by atoms with Gasteiger partial charge in [0.15, 0.2) is 0 Å². The van der Waals surface area contributed by atoms with Gasteiger partial charge in [-0.3, -0.25) is 9.69 Å². The molecule has 0 atom stereocenters. The number of ether oxygens (including phenoxy) is 1. The maximum absolute atomic E-state index is 13.4. The molecule has 4 N–H and O–H groups in total. The highest BCUT2D eigenvalue weighted by atomic mass is 35.5. The number of aromatic nitrogens is 2. The Kier molecular flexibility index (Phi) is 9.77. The molecule has 204 valence electrons. The number of hydrogen-bond acceptors (Lipinski definition) is 7. The normalized spacial score (nSPS) is 17.2. The van der Waals surface area contributed by atoms with Gasteiger partial charge in [-0.1, -0.05) is 43.0 Å². The van der Waals surface area contributed by atoms with Crippen molar-refractivity contribution in [1.29, 1.82) is 0 Å². The molecule has 8 nitrogen and oxygen atoms in total. The molecule has 0 aliphatic carbocycles. The number of aryl methyl sites for hydroxylation is 1. The van der Waals surface area contributed by atoms with Crippen molar-refractivity contribution in [2.24, 2.45) is 11.5 Å². The number of nitrogens with two attached hydrogens (primary N) is 2. The molecule has 1 amide bonds. The average molecular weight is 547 g/mol. The molecule has 0 spiro atoms. The minimum Gasteiger partial charge on any atom is -0.404 e. The first-order valence-corrected chi connectivity index (χ1v) is 13.6. The smallest absolute Gasteiger partial charge is 0.255 e. The van der Waals surface area contributed by atoms with Crippen molar-refractivity contribution in [3.63, 3.8) is 0 Å². The van der Waals surface area contributed by atoms with Crippen LogP contribution in [0, 0.1) is 11.8 Å². The Morgan fingerprint density at radius 1 is 1.21 bits per heavy atom. The third-order valence-corrected chi connectivity index (χ3v) is 7.35. The van der Waals surface area contributed by atoms with E-state index in [-0.39, 0.29) is 5.91 Å². The van der Waals surface area contributed by atoms with Crippen LogP contribution >= 0.6 is 11.6 Å². The second-order valence-corrected chi connectivity index (χ2v) is 9.95. The third-order valence-electron chi connectivity index (χ3n) is 7.04. The molecule has 2 aliphatic rings. The molecule has 1 aromatic carbocycles. The van der Waals surface area contributed by atoms with Crippen LogP contribution in [0.5, 0.6) is 0 Å². The first kappa shape index (κ1) is 28.4. The van der Waals surface area contributed by atoms with Crippen LogP contribution in [-0.4, -0.2) is 71.1 Å². The summed E-state index contributed by atoms with van der Waals surface area (Å²) in [6.07, 6.45) is 8.84. The van der Waals surface area contributed by atoms with Crippen LogP contribution in [0.1, 0.15) is 41.4 Å². The lowest BCUT2D eigenvalue weighted by atomic mass is 9.99. The van der Waals surface area contributed by atoms with E-state index in [1.807, 2.05) is 17.9 Å². The number of likely N-dealkylation sites (tertiary alicyclic amines) is 1. The van der Waals surface area contributed by atoms with Crippen LogP contribution in [-0.2, 0) is 11.2 Å². The lowest BCUT2D eigenvalue weighted by Gasteiger charge is -2.40. The summed E-state index contributed by atoms with van der Waals surface area (Å²) >= 11 is 6.69. The Labute approximate surface area is 235 Å². The summed E-state index contributed by atoms with van der Waals surface area (Å²) in [6, 6.07) is 5.92. The molecule has 3 heterocycles. The maximum Gasteiger partial charge on any atom is 0.255 e. The first-order valence-electron chi connectivity index (χ1n) is 13.2. The van der Waals surface area contributed by atoms with Gasteiger partial charge in [0.1, 0.15) is 6.33 Å². The number of carbonyl (C=O) groups is 1. The molecular weight excluding hydrogens is 512 g/mol. The lowest BCUT2D eigenvalue weighted by Crippen LogP contribution is -2.50. The van der Waals surface area contributed by atoms with Crippen LogP contribution in [0.4, 0.5) is 0 Å². The van der Waals surface area contributed by atoms with Crippen molar-refractivity contribution in [3.05, 3.63) is 82.6 Å². The Hall–Kier alpha value is -3.64. The van der Waals surface area contributed by atoms with E-state index in [0.717, 1.165) is 50.4 Å². The number of piperidine rings is 1. The third kappa shape index (κ3) is 7.07. The van der Waals surface area contributed by atoms with Crippen molar-refractivity contribution in [2.45, 2.75) is 32.2 Å². The summed E-state index contributed by atoms with van der Waals surface area (Å²) in [4.78, 5) is 26.7. The van der Waals surface area contributed by atoms with Gasteiger partial charge in [-0.2, -0.15) is 0 Å². The molecule has 2 aliphatic heterocycles. The molecule has 39 heavy (non-hydrogen) atoms. The summed E-state index contributed by atoms with van der Waals surface area (Å²) in [5.41, 5.74) is 15.7. The maximum atomic E-state index is 13.4. The zero-order valence-corrected chi connectivity index (χ0v) is 23.1. The number of hydrogen-bond donors (Lipinski definition) is 2. The van der Waals surface area contributed by atoms with Gasteiger partial charge in [-0.15, -0.1) is 0 Å². The molecule has 1 aromatic heterocycles. The topological polar surface area (TPSA) is 111 Å². The van der Waals surface area contributed by atoms with Gasteiger partial charge in [0.25, 0.3) is 5.91 Å². The molecule has 9 heteroatoms. The van der Waals surface area contributed by atoms with Gasteiger partial charge >= 0.3 is 0 Å². The van der Waals surface area contributed by atoms with E-state index in [1.165, 1.54) is 12.5 Å². The van der Waals surface area contributed by atoms with E-state index in [1.54, 1.807) is 24.3 Å². The number of nitrogens with zero attached hydrogens (tertiary/aromatic N) is 4. The predicted molar refractivity (Wildman–Crippen MR) is 155 cm³/mol. The van der Waals surface area contributed by atoms with Crippen molar-refractivity contribution in [1.82, 2.24) is 19.8 Å². The van der Waals surface area contributed by atoms with Crippen molar-refractivity contribution in [2.75, 3.05) is 39.4 Å². The number of rotatable bonds is 6. The predicted octanol–water partition coefficient (Wildman–Crippen LogP) is 3.52. The molecular formula is C30H35ClN6O2. The summed E-state index contributed by atoms with van der Waals surface area (Å²) in [6.45, 7) is 10.6. The number of amides is 1. The minimum absolute atomic E-state index is 0.0464. The molecule has 0 radical (unpaired) electrons.